The van der Waals surface area contributed by atoms with Gasteiger partial charge in [0.15, 0.2) is 0 Å². The maximum atomic E-state index is 5.95. The highest BCUT2D eigenvalue weighted by Crippen LogP contribution is 2.27. The van der Waals surface area contributed by atoms with E-state index in [-0.39, 0.29) is 4.83 Å². The Morgan fingerprint density at radius 2 is 2.12 bits per heavy atom. The van der Waals surface area contributed by atoms with Gasteiger partial charge in [0, 0.05) is 22.2 Å². The summed E-state index contributed by atoms with van der Waals surface area (Å²) in [6.07, 6.45) is 4.57. The summed E-state index contributed by atoms with van der Waals surface area (Å²) >= 11 is 9.61. The Balaban J connectivity index is 2.11. The van der Waals surface area contributed by atoms with Crippen molar-refractivity contribution in [3.63, 3.8) is 0 Å². The molecule has 0 saturated carbocycles. The van der Waals surface area contributed by atoms with Crippen molar-refractivity contribution >= 4 is 27.5 Å². The molecule has 0 aliphatic carbocycles. The SMILES string of the molecule is Clc1cccc(CC(Br)c2cccnc2)c1. The predicted octanol–water partition coefficient (Wildman–Crippen LogP) is 4.41. The van der Waals surface area contributed by atoms with E-state index < -0.39 is 0 Å². The molecular formula is C13H11BrClN. The average Bonchev–Trinajstić information content (AvgIpc) is 2.30. The molecule has 0 spiro atoms. The van der Waals surface area contributed by atoms with Crippen LogP contribution in [0, 0.1) is 0 Å². The zero-order valence-electron chi connectivity index (χ0n) is 8.61. The Hall–Kier alpha value is -0.860. The van der Waals surface area contributed by atoms with Crippen molar-refractivity contribution in [2.75, 3.05) is 0 Å². The van der Waals surface area contributed by atoms with E-state index in [4.69, 9.17) is 11.6 Å². The van der Waals surface area contributed by atoms with Crippen molar-refractivity contribution in [1.82, 2.24) is 4.98 Å². The quantitative estimate of drug-likeness (QED) is 0.764. The fourth-order valence-electron chi connectivity index (χ4n) is 1.55. The molecule has 0 aliphatic heterocycles. The molecule has 2 rings (SSSR count). The molecule has 0 fully saturated rings. The summed E-state index contributed by atoms with van der Waals surface area (Å²) in [6, 6.07) is 11.9. The van der Waals surface area contributed by atoms with Gasteiger partial charge >= 0.3 is 0 Å². The van der Waals surface area contributed by atoms with Crippen molar-refractivity contribution in [3.8, 4) is 0 Å². The maximum absolute atomic E-state index is 5.95. The second-order valence-corrected chi connectivity index (χ2v) is 5.13. The van der Waals surface area contributed by atoms with Crippen molar-refractivity contribution in [1.29, 1.82) is 0 Å². The molecule has 0 amide bonds. The van der Waals surface area contributed by atoms with Gasteiger partial charge in [-0.05, 0) is 35.7 Å². The Labute approximate surface area is 109 Å². The van der Waals surface area contributed by atoms with E-state index >= 15 is 0 Å². The minimum atomic E-state index is 0.277. The number of aromatic nitrogens is 1. The molecule has 1 aromatic heterocycles. The lowest BCUT2D eigenvalue weighted by molar-refractivity contribution is 0.939. The Morgan fingerprint density at radius 1 is 1.25 bits per heavy atom. The van der Waals surface area contributed by atoms with E-state index in [1.807, 2.05) is 30.5 Å². The molecule has 0 radical (unpaired) electrons. The van der Waals surface area contributed by atoms with Gasteiger partial charge in [-0.3, -0.25) is 4.98 Å². The number of hydrogen-bond acceptors (Lipinski definition) is 1. The first-order chi connectivity index (χ1) is 7.75. The fraction of sp³-hybridized carbons (Fsp3) is 0.154. The Kier molecular flexibility index (Phi) is 3.97. The number of halogens is 2. The first-order valence-corrected chi connectivity index (χ1v) is 6.33. The normalized spacial score (nSPS) is 12.4. The largest absolute Gasteiger partial charge is 0.264 e. The molecule has 1 unspecified atom stereocenters. The number of benzene rings is 1. The van der Waals surface area contributed by atoms with Gasteiger partial charge in [-0.25, -0.2) is 0 Å². The summed E-state index contributed by atoms with van der Waals surface area (Å²) in [5.41, 5.74) is 2.40. The highest BCUT2D eigenvalue weighted by Gasteiger charge is 2.08. The minimum absolute atomic E-state index is 0.277. The van der Waals surface area contributed by atoms with Crippen LogP contribution in [0.25, 0.3) is 0 Å². The van der Waals surface area contributed by atoms with Crippen LogP contribution in [0.4, 0.5) is 0 Å². The van der Waals surface area contributed by atoms with Crippen molar-refractivity contribution < 1.29 is 0 Å². The molecule has 3 heteroatoms. The van der Waals surface area contributed by atoms with Gasteiger partial charge in [0.2, 0.25) is 0 Å². The molecule has 1 heterocycles. The zero-order valence-corrected chi connectivity index (χ0v) is 10.9. The van der Waals surface area contributed by atoms with Gasteiger partial charge in [0.05, 0.1) is 0 Å². The van der Waals surface area contributed by atoms with Gasteiger partial charge in [-0.1, -0.05) is 45.7 Å². The first-order valence-electron chi connectivity index (χ1n) is 5.04. The Morgan fingerprint density at radius 3 is 2.81 bits per heavy atom. The highest BCUT2D eigenvalue weighted by molar-refractivity contribution is 9.09. The van der Waals surface area contributed by atoms with Crippen LogP contribution in [0.15, 0.2) is 48.8 Å². The summed E-state index contributed by atoms with van der Waals surface area (Å²) in [5, 5.41) is 0.781. The molecule has 0 aliphatic rings. The summed E-state index contributed by atoms with van der Waals surface area (Å²) in [6.45, 7) is 0. The number of nitrogens with zero attached hydrogens (tertiary/aromatic N) is 1. The van der Waals surface area contributed by atoms with Crippen LogP contribution < -0.4 is 0 Å². The summed E-state index contributed by atoms with van der Waals surface area (Å²) in [4.78, 5) is 4.39. The lowest BCUT2D eigenvalue weighted by Crippen LogP contribution is -1.95. The van der Waals surface area contributed by atoms with Crippen LogP contribution in [0.3, 0.4) is 0 Å². The summed E-state index contributed by atoms with van der Waals surface area (Å²) in [5.74, 6) is 0. The maximum Gasteiger partial charge on any atom is 0.0450 e. The van der Waals surface area contributed by atoms with E-state index in [1.54, 1.807) is 6.20 Å². The summed E-state index contributed by atoms with van der Waals surface area (Å²) < 4.78 is 0. The molecule has 0 saturated heterocycles. The lowest BCUT2D eigenvalue weighted by Gasteiger charge is -2.09. The fourth-order valence-corrected chi connectivity index (χ4v) is 2.41. The molecule has 2 aromatic rings. The van der Waals surface area contributed by atoms with Gasteiger partial charge < -0.3 is 0 Å². The lowest BCUT2D eigenvalue weighted by atomic mass is 10.1. The average molecular weight is 297 g/mol. The highest BCUT2D eigenvalue weighted by atomic mass is 79.9. The molecular weight excluding hydrogens is 286 g/mol. The number of alkyl halides is 1. The molecule has 82 valence electrons. The van der Waals surface area contributed by atoms with Gasteiger partial charge in [0.25, 0.3) is 0 Å². The molecule has 1 nitrogen and oxygen atoms in total. The molecule has 1 atom stereocenters. The topological polar surface area (TPSA) is 12.9 Å². The van der Waals surface area contributed by atoms with Crippen molar-refractivity contribution in [2.45, 2.75) is 11.2 Å². The molecule has 0 N–H and O–H groups in total. The monoisotopic (exact) mass is 295 g/mol. The van der Waals surface area contributed by atoms with Crippen LogP contribution in [0.5, 0.6) is 0 Å². The zero-order chi connectivity index (χ0) is 11.4. The van der Waals surface area contributed by atoms with E-state index in [9.17, 15) is 0 Å². The van der Waals surface area contributed by atoms with Crippen molar-refractivity contribution in [3.05, 3.63) is 64.9 Å². The second-order valence-electron chi connectivity index (χ2n) is 3.59. The van der Waals surface area contributed by atoms with E-state index in [0.717, 1.165) is 11.4 Å². The Bertz CT molecular complexity index is 458. The van der Waals surface area contributed by atoms with E-state index in [1.165, 1.54) is 11.1 Å². The van der Waals surface area contributed by atoms with Crippen LogP contribution in [-0.4, -0.2) is 4.98 Å². The third-order valence-corrected chi connectivity index (χ3v) is 3.44. The molecule has 16 heavy (non-hydrogen) atoms. The minimum Gasteiger partial charge on any atom is -0.264 e. The van der Waals surface area contributed by atoms with E-state index in [2.05, 4.69) is 33.0 Å². The van der Waals surface area contributed by atoms with Crippen LogP contribution in [-0.2, 0) is 6.42 Å². The van der Waals surface area contributed by atoms with Crippen molar-refractivity contribution in [2.24, 2.45) is 0 Å². The first kappa shape index (κ1) is 11.6. The molecule has 1 aromatic carbocycles. The number of hydrogen-bond donors (Lipinski definition) is 0. The van der Waals surface area contributed by atoms with Gasteiger partial charge in [-0.15, -0.1) is 0 Å². The third kappa shape index (κ3) is 3.06. The van der Waals surface area contributed by atoms with Crippen LogP contribution in [0.2, 0.25) is 5.02 Å². The van der Waals surface area contributed by atoms with Crippen LogP contribution in [0.1, 0.15) is 16.0 Å². The van der Waals surface area contributed by atoms with Gasteiger partial charge in [-0.2, -0.15) is 0 Å². The number of pyridine rings is 1. The molecule has 0 bridgehead atoms. The smallest absolute Gasteiger partial charge is 0.0450 e. The second kappa shape index (κ2) is 5.46. The third-order valence-electron chi connectivity index (χ3n) is 2.35. The summed E-state index contributed by atoms with van der Waals surface area (Å²) in [7, 11) is 0. The van der Waals surface area contributed by atoms with Gasteiger partial charge in [0.1, 0.15) is 0 Å². The van der Waals surface area contributed by atoms with Crippen LogP contribution >= 0.6 is 27.5 Å². The standard InChI is InChI=1S/C13H11BrClN/c14-13(11-4-2-6-16-9-11)8-10-3-1-5-12(15)7-10/h1-7,9,13H,8H2. The number of rotatable bonds is 3. The van der Waals surface area contributed by atoms with E-state index in [0.29, 0.717) is 0 Å². The predicted molar refractivity (Wildman–Crippen MR) is 71.1 cm³/mol.